The number of nitrogens with zero attached hydrogens (tertiary/aromatic N) is 1. The van der Waals surface area contributed by atoms with Crippen molar-refractivity contribution in [2.45, 2.75) is 5.92 Å². The van der Waals surface area contributed by atoms with Crippen molar-refractivity contribution < 1.29 is 4.39 Å². The predicted molar refractivity (Wildman–Crippen MR) is 54.3 cm³/mol. The van der Waals surface area contributed by atoms with Gasteiger partial charge in [0.05, 0.1) is 0 Å². The van der Waals surface area contributed by atoms with Crippen LogP contribution in [0, 0.1) is 5.82 Å². The van der Waals surface area contributed by atoms with Crippen molar-refractivity contribution in [3.63, 3.8) is 0 Å². The second-order valence-electron chi connectivity index (χ2n) is 3.56. The van der Waals surface area contributed by atoms with Gasteiger partial charge in [0.25, 0.3) is 0 Å². The molecule has 3 rings (SSSR count). The molecule has 4 heteroatoms. The number of hydrogen-bond donors (Lipinski definition) is 1. The normalized spacial score (nSPS) is 17.2. The van der Waals surface area contributed by atoms with Crippen molar-refractivity contribution in [1.29, 1.82) is 0 Å². The summed E-state index contributed by atoms with van der Waals surface area (Å²) in [6.45, 7) is 2.04. The van der Waals surface area contributed by atoms with Crippen LogP contribution in [0.15, 0.2) is 18.2 Å². The molecule has 1 N–H and O–H groups in total. The maximum atomic E-state index is 12.9. The summed E-state index contributed by atoms with van der Waals surface area (Å²) in [5.74, 6) is 0.414. The van der Waals surface area contributed by atoms with Crippen LogP contribution in [0.5, 0.6) is 0 Å². The van der Waals surface area contributed by atoms with Gasteiger partial charge >= 0.3 is 86.8 Å². The summed E-state index contributed by atoms with van der Waals surface area (Å²) in [6.07, 6.45) is 0. The van der Waals surface area contributed by atoms with Gasteiger partial charge in [0.1, 0.15) is 0 Å². The summed E-state index contributed by atoms with van der Waals surface area (Å²) >= 11 is 0.0996. The second kappa shape index (κ2) is 3.16. The fraction of sp³-hybridized carbons (Fsp3) is 0.300. The van der Waals surface area contributed by atoms with E-state index in [1.165, 1.54) is 17.1 Å². The molecule has 0 atom stereocenters. The topological polar surface area (TPSA) is 24.9 Å². The third-order valence-corrected chi connectivity index (χ3v) is 4.36. The van der Waals surface area contributed by atoms with E-state index in [1.54, 1.807) is 6.07 Å². The van der Waals surface area contributed by atoms with Crippen molar-refractivity contribution in [1.82, 2.24) is 9.30 Å². The molecular weight excluding hydrogens is 246 g/mol. The van der Waals surface area contributed by atoms with Gasteiger partial charge in [0, 0.05) is 0 Å². The van der Waals surface area contributed by atoms with Crippen LogP contribution >= 0.6 is 0 Å². The molecule has 2 heterocycles. The Hall–Kier alpha value is -0.701. The van der Waals surface area contributed by atoms with Crippen LogP contribution in [0.3, 0.4) is 0 Å². The summed E-state index contributed by atoms with van der Waals surface area (Å²) in [6, 6.07) is 5.02. The van der Waals surface area contributed by atoms with E-state index in [4.69, 9.17) is 0 Å². The molecule has 1 aliphatic rings. The quantitative estimate of drug-likeness (QED) is 0.772. The zero-order valence-electron chi connectivity index (χ0n) is 7.46. The summed E-state index contributed by atoms with van der Waals surface area (Å²) in [5, 5.41) is 4.41. The summed E-state index contributed by atoms with van der Waals surface area (Å²) < 4.78 is 18.6. The van der Waals surface area contributed by atoms with Gasteiger partial charge in [-0.05, 0) is 0 Å². The van der Waals surface area contributed by atoms with Crippen LogP contribution in [-0.4, -0.2) is 31.8 Å². The van der Waals surface area contributed by atoms with Crippen molar-refractivity contribution in [3.8, 4) is 0 Å². The molecule has 1 aromatic heterocycles. The van der Waals surface area contributed by atoms with E-state index in [-0.39, 0.29) is 20.5 Å². The van der Waals surface area contributed by atoms with Crippen molar-refractivity contribution >= 4 is 24.4 Å². The molecule has 0 radical (unpaired) electrons. The van der Waals surface area contributed by atoms with E-state index in [0.717, 1.165) is 17.3 Å². The van der Waals surface area contributed by atoms with Crippen LogP contribution in [-0.2, 0) is 0 Å². The first-order valence-corrected chi connectivity index (χ1v) is 6.22. The molecule has 1 aliphatic heterocycles. The fourth-order valence-electron chi connectivity index (χ4n) is 1.71. The van der Waals surface area contributed by atoms with E-state index >= 15 is 0 Å². The van der Waals surface area contributed by atoms with Gasteiger partial charge in [-0.3, -0.25) is 0 Å². The Morgan fingerprint density at radius 3 is 3.00 bits per heavy atom. The molecule has 0 unspecified atom stereocenters. The number of hydrogen-bond acceptors (Lipinski definition) is 2. The van der Waals surface area contributed by atoms with Crippen molar-refractivity contribution in [2.24, 2.45) is 0 Å². The van der Waals surface area contributed by atoms with Crippen LogP contribution < -0.4 is 5.32 Å². The molecule has 1 aromatic carbocycles. The van der Waals surface area contributed by atoms with Gasteiger partial charge in [-0.15, -0.1) is 0 Å². The van der Waals surface area contributed by atoms with Crippen molar-refractivity contribution in [3.05, 3.63) is 29.7 Å². The molecule has 0 aliphatic carbocycles. The Balaban J connectivity index is 2.16. The van der Waals surface area contributed by atoms with Crippen molar-refractivity contribution in [2.75, 3.05) is 13.1 Å². The number of fused-ring (bicyclic) bond motifs is 1. The van der Waals surface area contributed by atoms with Gasteiger partial charge < -0.3 is 0 Å². The predicted octanol–water partition coefficient (Wildman–Crippen LogP) is 1.12. The molecule has 0 amide bonds. The van der Waals surface area contributed by atoms with Crippen LogP contribution in [0.2, 0.25) is 0 Å². The van der Waals surface area contributed by atoms with Crippen LogP contribution in [0.25, 0.3) is 9.65 Å². The molecule has 72 valence electrons. The number of nitrogens with one attached hydrogen (secondary N) is 1. The molecule has 0 bridgehead atoms. The van der Waals surface area contributed by atoms with Crippen LogP contribution in [0.1, 0.15) is 11.6 Å². The van der Waals surface area contributed by atoms with Crippen LogP contribution in [0.4, 0.5) is 4.39 Å². The Labute approximate surface area is 87.1 Å². The Bertz CT molecular complexity index is 476. The standard InChI is InChI=1S/C10H9FN2Se/c11-7-1-2-8-9(3-7)14-13-10(8)6-4-12-5-6/h1-3,6,12H,4-5H2. The summed E-state index contributed by atoms with van der Waals surface area (Å²) in [5.41, 5.74) is 1.19. The minimum atomic E-state index is -0.145. The molecular formula is C10H9FN2Se. The minimum absolute atomic E-state index is 0.0996. The number of benzene rings is 1. The zero-order valence-corrected chi connectivity index (χ0v) is 9.17. The molecule has 2 aromatic rings. The SMILES string of the molecule is Fc1ccc2c(C3CNC3)n[se]c2c1. The zero-order chi connectivity index (χ0) is 9.54. The van der Waals surface area contributed by atoms with E-state index in [0.29, 0.717) is 5.92 Å². The van der Waals surface area contributed by atoms with Gasteiger partial charge in [0.2, 0.25) is 0 Å². The molecule has 1 saturated heterocycles. The third kappa shape index (κ3) is 1.22. The first-order valence-electron chi connectivity index (χ1n) is 4.60. The average Bonchev–Trinajstić information content (AvgIpc) is 2.45. The number of aromatic nitrogens is 1. The first kappa shape index (κ1) is 8.60. The summed E-state index contributed by atoms with van der Waals surface area (Å²) in [4.78, 5) is 0. The second-order valence-corrected chi connectivity index (χ2v) is 5.25. The van der Waals surface area contributed by atoms with Gasteiger partial charge in [-0.25, -0.2) is 0 Å². The van der Waals surface area contributed by atoms with E-state index in [9.17, 15) is 4.39 Å². The Kier molecular flexibility index (Phi) is 1.94. The summed E-state index contributed by atoms with van der Waals surface area (Å²) in [7, 11) is 0. The van der Waals surface area contributed by atoms with Gasteiger partial charge in [0.15, 0.2) is 0 Å². The number of rotatable bonds is 1. The molecule has 14 heavy (non-hydrogen) atoms. The maximum absolute atomic E-state index is 12.9. The molecule has 2 nitrogen and oxygen atoms in total. The number of halogens is 1. The molecule has 0 saturated carbocycles. The third-order valence-electron chi connectivity index (χ3n) is 2.63. The van der Waals surface area contributed by atoms with E-state index < -0.39 is 0 Å². The average molecular weight is 255 g/mol. The van der Waals surface area contributed by atoms with E-state index in [2.05, 4.69) is 9.30 Å². The van der Waals surface area contributed by atoms with Gasteiger partial charge in [-0.1, -0.05) is 0 Å². The molecule has 1 fully saturated rings. The first-order chi connectivity index (χ1) is 6.84. The van der Waals surface area contributed by atoms with E-state index in [1.807, 2.05) is 6.07 Å². The Morgan fingerprint density at radius 2 is 2.29 bits per heavy atom. The molecule has 0 spiro atoms. The monoisotopic (exact) mass is 256 g/mol. The fourth-order valence-corrected chi connectivity index (χ4v) is 3.55. The Morgan fingerprint density at radius 1 is 1.43 bits per heavy atom. The van der Waals surface area contributed by atoms with Gasteiger partial charge in [-0.2, -0.15) is 0 Å².